The van der Waals surface area contributed by atoms with Gasteiger partial charge < -0.3 is 9.84 Å². The van der Waals surface area contributed by atoms with Crippen molar-refractivity contribution in [2.24, 2.45) is 0 Å². The zero-order valence-electron chi connectivity index (χ0n) is 18.4. The lowest BCUT2D eigenvalue weighted by Crippen LogP contribution is -2.34. The van der Waals surface area contributed by atoms with Gasteiger partial charge in [-0.2, -0.15) is 0 Å². The van der Waals surface area contributed by atoms with Gasteiger partial charge in [-0.15, -0.1) is 11.6 Å². The van der Waals surface area contributed by atoms with Crippen LogP contribution in [-0.2, 0) is 0 Å². The number of hydrogen-bond acceptors (Lipinski definition) is 2. The van der Waals surface area contributed by atoms with Gasteiger partial charge in [0.15, 0.2) is 0 Å². The average molecular weight is 435 g/mol. The molecule has 0 aromatic heterocycles. The fraction of sp³-hybridized carbons (Fsp3) is 0.286. The van der Waals surface area contributed by atoms with Crippen LogP contribution < -0.4 is 4.74 Å². The van der Waals surface area contributed by atoms with E-state index in [2.05, 4.69) is 60.7 Å². The van der Waals surface area contributed by atoms with E-state index in [4.69, 9.17) is 16.3 Å². The summed E-state index contributed by atoms with van der Waals surface area (Å²) in [6, 6.07) is 29.0. The van der Waals surface area contributed by atoms with Gasteiger partial charge in [-0.3, -0.25) is 0 Å². The number of alkyl halides is 1. The summed E-state index contributed by atoms with van der Waals surface area (Å²) in [4.78, 5) is 0. The average Bonchev–Trinajstić information content (AvgIpc) is 2.84. The summed E-state index contributed by atoms with van der Waals surface area (Å²) in [6.07, 6.45) is 2.11. The second-order valence-corrected chi connectivity index (χ2v) is 8.15. The lowest BCUT2D eigenvalue weighted by atomic mass is 9.88. The van der Waals surface area contributed by atoms with Crippen molar-refractivity contribution in [3.05, 3.63) is 102 Å². The smallest absolute Gasteiger partial charge is 0.119 e. The number of ether oxygens (including phenoxy) is 1. The second kappa shape index (κ2) is 11.2. The van der Waals surface area contributed by atoms with Crippen LogP contribution in [0.5, 0.6) is 5.75 Å². The van der Waals surface area contributed by atoms with Crippen molar-refractivity contribution in [1.29, 1.82) is 0 Å². The molecule has 0 heterocycles. The Balaban J connectivity index is 2.01. The monoisotopic (exact) mass is 434 g/mol. The molecule has 0 aliphatic carbocycles. The molecule has 2 nitrogen and oxygen atoms in total. The van der Waals surface area contributed by atoms with Crippen molar-refractivity contribution in [1.82, 2.24) is 0 Å². The summed E-state index contributed by atoms with van der Waals surface area (Å²) in [5, 5.41) is 10.5. The van der Waals surface area contributed by atoms with Crippen LogP contribution in [0.3, 0.4) is 0 Å². The number of allylic oxidation sites excluding steroid dienone is 1. The maximum Gasteiger partial charge on any atom is 0.119 e. The van der Waals surface area contributed by atoms with Crippen LogP contribution in [0.4, 0.5) is 0 Å². The molecule has 0 atom stereocenters. The Kier molecular flexibility index (Phi) is 8.34. The molecular weight excluding hydrogens is 404 g/mol. The highest BCUT2D eigenvalue weighted by Crippen LogP contribution is 2.35. The quantitative estimate of drug-likeness (QED) is 0.270. The van der Waals surface area contributed by atoms with E-state index in [0.717, 1.165) is 23.3 Å². The molecule has 0 aliphatic rings. The minimum absolute atomic E-state index is 0.294. The van der Waals surface area contributed by atoms with Crippen molar-refractivity contribution in [3.63, 3.8) is 0 Å². The Bertz CT molecular complexity index is 959. The molecule has 0 spiro atoms. The zero-order valence-corrected chi connectivity index (χ0v) is 19.1. The highest BCUT2D eigenvalue weighted by Gasteiger charge is 2.23. The molecule has 0 amide bonds. The number of rotatable bonds is 10. The molecule has 0 unspecified atom stereocenters. The van der Waals surface area contributed by atoms with Crippen LogP contribution in [-0.4, -0.2) is 23.2 Å². The maximum atomic E-state index is 10.5. The van der Waals surface area contributed by atoms with E-state index in [1.165, 1.54) is 16.7 Å². The molecule has 0 fully saturated rings. The summed E-state index contributed by atoms with van der Waals surface area (Å²) in [7, 11) is 0. The predicted molar refractivity (Wildman–Crippen MR) is 132 cm³/mol. The molecule has 0 saturated carbocycles. The van der Waals surface area contributed by atoms with E-state index in [-0.39, 0.29) is 0 Å². The fourth-order valence-corrected chi connectivity index (χ4v) is 3.85. The molecule has 3 aromatic carbocycles. The minimum Gasteiger partial charge on any atom is -0.491 e. The Labute approximate surface area is 191 Å². The van der Waals surface area contributed by atoms with E-state index >= 15 is 0 Å². The highest BCUT2D eigenvalue weighted by atomic mass is 35.5. The van der Waals surface area contributed by atoms with Crippen LogP contribution >= 0.6 is 11.6 Å². The largest absolute Gasteiger partial charge is 0.491 e. The molecular formula is C28H31ClO2. The maximum absolute atomic E-state index is 10.5. The summed E-state index contributed by atoms with van der Waals surface area (Å²) in [6.45, 7) is 4.26. The second-order valence-electron chi connectivity index (χ2n) is 7.77. The van der Waals surface area contributed by atoms with Crippen LogP contribution in [0.25, 0.3) is 11.1 Å². The van der Waals surface area contributed by atoms with Crippen LogP contribution in [0, 0.1) is 0 Å². The van der Waals surface area contributed by atoms with Gasteiger partial charge in [0, 0.05) is 5.88 Å². The van der Waals surface area contributed by atoms with E-state index in [1.807, 2.05) is 38.1 Å². The van der Waals surface area contributed by atoms with Crippen molar-refractivity contribution < 1.29 is 9.84 Å². The minimum atomic E-state index is -0.783. The van der Waals surface area contributed by atoms with Crippen molar-refractivity contribution >= 4 is 22.7 Å². The van der Waals surface area contributed by atoms with Gasteiger partial charge in [0.2, 0.25) is 0 Å². The molecule has 162 valence electrons. The van der Waals surface area contributed by atoms with E-state index in [1.54, 1.807) is 0 Å². The van der Waals surface area contributed by atoms with Crippen LogP contribution in [0.15, 0.2) is 84.9 Å². The molecule has 0 radical (unpaired) electrons. The summed E-state index contributed by atoms with van der Waals surface area (Å²) in [5.41, 5.74) is 5.07. The molecule has 3 heteroatoms. The lowest BCUT2D eigenvalue weighted by Gasteiger charge is -2.25. The van der Waals surface area contributed by atoms with Crippen molar-refractivity contribution in [2.75, 3.05) is 12.5 Å². The van der Waals surface area contributed by atoms with Gasteiger partial charge in [-0.25, -0.2) is 0 Å². The molecule has 3 aromatic rings. The molecule has 31 heavy (non-hydrogen) atoms. The first-order valence-corrected chi connectivity index (χ1v) is 11.5. The van der Waals surface area contributed by atoms with E-state index < -0.39 is 5.60 Å². The third-order valence-electron chi connectivity index (χ3n) is 5.80. The van der Waals surface area contributed by atoms with Gasteiger partial charge in [-0.1, -0.05) is 86.6 Å². The molecule has 3 rings (SSSR count). The fourth-order valence-electron chi connectivity index (χ4n) is 3.66. The Morgan fingerprint density at radius 2 is 1.29 bits per heavy atom. The van der Waals surface area contributed by atoms with E-state index in [0.29, 0.717) is 25.3 Å². The Hall–Kier alpha value is -2.55. The normalized spacial score (nSPS) is 12.4. The summed E-state index contributed by atoms with van der Waals surface area (Å²) in [5.74, 6) is 1.31. The third kappa shape index (κ3) is 6.00. The highest BCUT2D eigenvalue weighted by molar-refractivity contribution is 6.18. The first-order chi connectivity index (χ1) is 15.1. The molecule has 0 aliphatic heterocycles. The van der Waals surface area contributed by atoms with Gasteiger partial charge in [-0.05, 0) is 59.2 Å². The van der Waals surface area contributed by atoms with Gasteiger partial charge in [0.05, 0.1) is 5.60 Å². The van der Waals surface area contributed by atoms with E-state index in [9.17, 15) is 5.11 Å². The number of benzene rings is 3. The lowest BCUT2D eigenvalue weighted by molar-refractivity contribution is -0.0113. The first-order valence-electron chi connectivity index (χ1n) is 11.0. The van der Waals surface area contributed by atoms with Crippen LogP contribution in [0.2, 0.25) is 0 Å². The van der Waals surface area contributed by atoms with Gasteiger partial charge in [0.25, 0.3) is 0 Å². The predicted octanol–water partition coefficient (Wildman–Crippen LogP) is 7.20. The molecule has 0 bridgehead atoms. The Morgan fingerprint density at radius 1 is 0.774 bits per heavy atom. The molecule has 0 saturated heterocycles. The van der Waals surface area contributed by atoms with Gasteiger partial charge >= 0.3 is 0 Å². The zero-order chi connectivity index (χ0) is 22.1. The summed E-state index contributed by atoms with van der Waals surface area (Å²) >= 11 is 6.22. The van der Waals surface area contributed by atoms with Crippen molar-refractivity contribution in [2.45, 2.75) is 38.7 Å². The number of aliphatic hydroxyl groups is 1. The topological polar surface area (TPSA) is 29.5 Å². The van der Waals surface area contributed by atoms with Gasteiger partial charge in [0.1, 0.15) is 12.4 Å². The number of hydrogen-bond donors (Lipinski definition) is 1. The summed E-state index contributed by atoms with van der Waals surface area (Å²) < 4.78 is 5.90. The first kappa shape index (κ1) is 23.1. The third-order valence-corrected chi connectivity index (χ3v) is 5.99. The molecule has 1 N–H and O–H groups in total. The number of halogens is 1. The standard InChI is InChI=1S/C28H31ClO2/c1-3-28(30,4-2)21-31-25-17-15-24(16-18-25)27(23-13-9-6-10-14-23)26(19-20-29)22-11-7-5-8-12-22/h5-18,30H,3-4,19-21H2,1-2H3/b27-26-. The van der Waals surface area contributed by atoms with Crippen LogP contribution in [0.1, 0.15) is 49.8 Å². The Morgan fingerprint density at radius 3 is 1.81 bits per heavy atom. The van der Waals surface area contributed by atoms with Crippen molar-refractivity contribution in [3.8, 4) is 5.75 Å². The SMILES string of the molecule is CCC(O)(CC)COc1ccc(/C(=C(/CCCl)c2ccccc2)c2ccccc2)cc1.